The molecule has 1 aliphatic carbocycles. The minimum Gasteiger partial charge on any atom is -0.349 e. The van der Waals surface area contributed by atoms with E-state index in [-0.39, 0.29) is 23.2 Å². The Bertz CT molecular complexity index is 488. The van der Waals surface area contributed by atoms with Crippen LogP contribution in [0.3, 0.4) is 0 Å². The molecule has 0 spiro atoms. The standard InChI is InChI=1S/C15H24N4O2/c1-15(7-3-2-4-8-15)10-17-13(20)12-18-14(21-19-12)11-6-5-9-16-11/h11,16H,2-10H2,1H3,(H,17,20). The monoisotopic (exact) mass is 292 g/mol. The van der Waals surface area contributed by atoms with Gasteiger partial charge in [0.05, 0.1) is 6.04 Å². The van der Waals surface area contributed by atoms with Gasteiger partial charge in [0.15, 0.2) is 0 Å². The van der Waals surface area contributed by atoms with Crippen molar-refractivity contribution in [2.45, 2.75) is 57.9 Å². The number of rotatable bonds is 4. The van der Waals surface area contributed by atoms with Crippen LogP contribution in [0.4, 0.5) is 0 Å². The fourth-order valence-electron chi connectivity index (χ4n) is 3.32. The minimum absolute atomic E-state index is 0.106. The van der Waals surface area contributed by atoms with Gasteiger partial charge in [-0.1, -0.05) is 31.3 Å². The molecule has 6 nitrogen and oxygen atoms in total. The topological polar surface area (TPSA) is 80.0 Å². The molecule has 1 unspecified atom stereocenters. The van der Waals surface area contributed by atoms with Gasteiger partial charge >= 0.3 is 0 Å². The van der Waals surface area contributed by atoms with Gasteiger partial charge in [-0.2, -0.15) is 4.98 Å². The van der Waals surface area contributed by atoms with E-state index in [2.05, 4.69) is 27.7 Å². The fourth-order valence-corrected chi connectivity index (χ4v) is 3.32. The van der Waals surface area contributed by atoms with Gasteiger partial charge in [0, 0.05) is 6.54 Å². The summed E-state index contributed by atoms with van der Waals surface area (Å²) in [6, 6.07) is 0.106. The molecule has 2 aliphatic rings. The van der Waals surface area contributed by atoms with E-state index >= 15 is 0 Å². The maximum atomic E-state index is 12.1. The Morgan fingerprint density at radius 2 is 2.19 bits per heavy atom. The van der Waals surface area contributed by atoms with Gasteiger partial charge in [-0.25, -0.2) is 0 Å². The van der Waals surface area contributed by atoms with Crippen molar-refractivity contribution in [2.75, 3.05) is 13.1 Å². The Morgan fingerprint density at radius 1 is 1.38 bits per heavy atom. The van der Waals surface area contributed by atoms with Gasteiger partial charge < -0.3 is 15.2 Å². The van der Waals surface area contributed by atoms with Crippen molar-refractivity contribution in [1.82, 2.24) is 20.8 Å². The van der Waals surface area contributed by atoms with E-state index < -0.39 is 0 Å². The first-order chi connectivity index (χ1) is 10.2. The third-order valence-corrected chi connectivity index (χ3v) is 4.74. The highest BCUT2D eigenvalue weighted by atomic mass is 16.5. The highest BCUT2D eigenvalue weighted by Crippen LogP contribution is 2.34. The predicted molar refractivity (Wildman–Crippen MR) is 77.8 cm³/mol. The van der Waals surface area contributed by atoms with Crippen LogP contribution in [0.15, 0.2) is 4.52 Å². The summed E-state index contributed by atoms with van der Waals surface area (Å²) in [5.74, 6) is 0.453. The number of nitrogens with zero attached hydrogens (tertiary/aromatic N) is 2. The van der Waals surface area contributed by atoms with Gasteiger partial charge in [0.2, 0.25) is 5.89 Å². The van der Waals surface area contributed by atoms with Crippen LogP contribution in [0.5, 0.6) is 0 Å². The second-order valence-corrected chi connectivity index (χ2v) is 6.66. The van der Waals surface area contributed by atoms with Gasteiger partial charge in [0.1, 0.15) is 0 Å². The van der Waals surface area contributed by atoms with Crippen LogP contribution >= 0.6 is 0 Å². The maximum Gasteiger partial charge on any atom is 0.292 e. The van der Waals surface area contributed by atoms with Crippen molar-refractivity contribution >= 4 is 5.91 Å². The molecule has 1 amide bonds. The van der Waals surface area contributed by atoms with Crippen LogP contribution in [0.2, 0.25) is 0 Å². The molecule has 6 heteroatoms. The van der Waals surface area contributed by atoms with E-state index in [0.29, 0.717) is 12.4 Å². The molecule has 0 radical (unpaired) electrons. The maximum absolute atomic E-state index is 12.1. The number of amides is 1. The Labute approximate surface area is 125 Å². The van der Waals surface area contributed by atoms with E-state index in [0.717, 1.165) is 19.4 Å². The van der Waals surface area contributed by atoms with Crippen molar-refractivity contribution < 1.29 is 9.32 Å². The van der Waals surface area contributed by atoms with Crippen LogP contribution in [-0.2, 0) is 0 Å². The Kier molecular flexibility index (Phi) is 4.24. The van der Waals surface area contributed by atoms with Crippen LogP contribution in [0.25, 0.3) is 0 Å². The summed E-state index contributed by atoms with van der Waals surface area (Å²) >= 11 is 0. The van der Waals surface area contributed by atoms with E-state index in [1.807, 2.05) is 0 Å². The van der Waals surface area contributed by atoms with E-state index in [1.165, 1.54) is 32.1 Å². The van der Waals surface area contributed by atoms with Crippen molar-refractivity contribution in [3.8, 4) is 0 Å². The van der Waals surface area contributed by atoms with Gasteiger partial charge in [-0.15, -0.1) is 0 Å². The fraction of sp³-hybridized carbons (Fsp3) is 0.800. The largest absolute Gasteiger partial charge is 0.349 e. The van der Waals surface area contributed by atoms with Crippen LogP contribution in [-0.4, -0.2) is 29.1 Å². The Balaban J connectivity index is 1.55. The molecule has 2 fully saturated rings. The SMILES string of the molecule is CC1(CNC(=O)c2noc(C3CCCN3)n2)CCCCC1. The molecule has 1 aromatic heterocycles. The van der Waals surface area contributed by atoms with Crippen molar-refractivity contribution in [3.63, 3.8) is 0 Å². The highest BCUT2D eigenvalue weighted by molar-refractivity contribution is 5.90. The molecule has 0 aromatic carbocycles. The number of aromatic nitrogens is 2. The molecule has 2 heterocycles. The molecule has 3 rings (SSSR count). The lowest BCUT2D eigenvalue weighted by Crippen LogP contribution is -2.37. The summed E-state index contributed by atoms with van der Waals surface area (Å²) in [4.78, 5) is 16.4. The molecule has 1 saturated heterocycles. The van der Waals surface area contributed by atoms with Crippen LogP contribution in [0.1, 0.15) is 74.4 Å². The van der Waals surface area contributed by atoms with Gasteiger partial charge in [-0.05, 0) is 37.6 Å². The van der Waals surface area contributed by atoms with Crippen molar-refractivity contribution in [3.05, 3.63) is 11.7 Å². The number of carbonyl (C=O) groups excluding carboxylic acids is 1. The van der Waals surface area contributed by atoms with E-state index in [1.54, 1.807) is 0 Å². The molecular formula is C15H24N4O2. The lowest BCUT2D eigenvalue weighted by atomic mass is 9.76. The molecule has 1 saturated carbocycles. The third kappa shape index (κ3) is 3.43. The predicted octanol–water partition coefficient (Wildman–Crippen LogP) is 2.19. The zero-order valence-corrected chi connectivity index (χ0v) is 12.7. The van der Waals surface area contributed by atoms with Crippen molar-refractivity contribution in [1.29, 1.82) is 0 Å². The van der Waals surface area contributed by atoms with Gasteiger partial charge in [0.25, 0.3) is 11.7 Å². The molecule has 2 N–H and O–H groups in total. The summed E-state index contributed by atoms with van der Waals surface area (Å²) in [5, 5.41) is 10.1. The number of nitrogens with one attached hydrogen (secondary N) is 2. The lowest BCUT2D eigenvalue weighted by molar-refractivity contribution is 0.0906. The van der Waals surface area contributed by atoms with Crippen molar-refractivity contribution in [2.24, 2.45) is 5.41 Å². The molecule has 1 aromatic rings. The normalized spacial score (nSPS) is 24.9. The number of hydrogen-bond donors (Lipinski definition) is 2. The first-order valence-electron chi connectivity index (χ1n) is 8.02. The average Bonchev–Trinajstić information content (AvgIpc) is 3.16. The Hall–Kier alpha value is -1.43. The molecule has 1 aliphatic heterocycles. The number of carbonyl (C=O) groups is 1. The third-order valence-electron chi connectivity index (χ3n) is 4.74. The molecule has 116 valence electrons. The molecule has 1 atom stereocenters. The highest BCUT2D eigenvalue weighted by Gasteiger charge is 2.29. The lowest BCUT2D eigenvalue weighted by Gasteiger charge is -2.33. The van der Waals surface area contributed by atoms with Crippen LogP contribution in [0, 0.1) is 5.41 Å². The Morgan fingerprint density at radius 3 is 2.90 bits per heavy atom. The summed E-state index contributed by atoms with van der Waals surface area (Å²) in [6.45, 7) is 3.90. The number of hydrogen-bond acceptors (Lipinski definition) is 5. The minimum atomic E-state index is -0.227. The first-order valence-corrected chi connectivity index (χ1v) is 8.02. The quantitative estimate of drug-likeness (QED) is 0.889. The zero-order valence-electron chi connectivity index (χ0n) is 12.7. The molecule has 21 heavy (non-hydrogen) atoms. The van der Waals surface area contributed by atoms with E-state index in [4.69, 9.17) is 4.52 Å². The molecular weight excluding hydrogens is 268 g/mol. The summed E-state index contributed by atoms with van der Waals surface area (Å²) in [6.07, 6.45) is 8.27. The second-order valence-electron chi connectivity index (χ2n) is 6.66. The first kappa shape index (κ1) is 14.5. The van der Waals surface area contributed by atoms with E-state index in [9.17, 15) is 4.79 Å². The van der Waals surface area contributed by atoms with Crippen LogP contribution < -0.4 is 10.6 Å². The summed E-state index contributed by atoms with van der Waals surface area (Å²) < 4.78 is 5.20. The summed E-state index contributed by atoms with van der Waals surface area (Å²) in [5.41, 5.74) is 0.216. The van der Waals surface area contributed by atoms with Gasteiger partial charge in [-0.3, -0.25) is 4.79 Å². The smallest absolute Gasteiger partial charge is 0.292 e. The molecule has 0 bridgehead atoms. The zero-order chi connectivity index (χ0) is 14.7. The average molecular weight is 292 g/mol. The second kappa shape index (κ2) is 6.13. The summed E-state index contributed by atoms with van der Waals surface area (Å²) in [7, 11) is 0.